The van der Waals surface area contributed by atoms with Crippen LogP contribution in [0.5, 0.6) is 5.75 Å². The summed E-state index contributed by atoms with van der Waals surface area (Å²) in [6.45, 7) is 0.842. The first-order chi connectivity index (χ1) is 8.31. The topological polar surface area (TPSA) is 45.2 Å². The lowest BCUT2D eigenvalue weighted by Gasteiger charge is -2.08. The van der Waals surface area contributed by atoms with E-state index in [1.54, 1.807) is 18.3 Å². The standard InChI is InChI=1S/C13H15ClN2O/c14-6-1-2-7-15-13-12-9-11(17)4-3-10(12)5-8-16-13/h3-5,8-9,17H,1-2,6-7H2,(H,15,16). The van der Waals surface area contributed by atoms with Gasteiger partial charge < -0.3 is 10.4 Å². The Hall–Kier alpha value is -1.48. The fourth-order valence-corrected chi connectivity index (χ4v) is 1.91. The van der Waals surface area contributed by atoms with Crippen molar-refractivity contribution in [2.75, 3.05) is 17.7 Å². The van der Waals surface area contributed by atoms with Crippen LogP contribution in [0.4, 0.5) is 5.82 Å². The minimum atomic E-state index is 0.259. The van der Waals surface area contributed by atoms with Gasteiger partial charge in [0, 0.05) is 24.0 Å². The van der Waals surface area contributed by atoms with Gasteiger partial charge in [-0.25, -0.2) is 4.98 Å². The number of phenols is 1. The lowest BCUT2D eigenvalue weighted by Crippen LogP contribution is -2.03. The van der Waals surface area contributed by atoms with Gasteiger partial charge in [0.05, 0.1) is 0 Å². The van der Waals surface area contributed by atoms with Crippen LogP contribution in [0.15, 0.2) is 30.5 Å². The number of fused-ring (bicyclic) bond motifs is 1. The van der Waals surface area contributed by atoms with Crippen LogP contribution in [0.1, 0.15) is 12.8 Å². The molecule has 4 heteroatoms. The van der Waals surface area contributed by atoms with Gasteiger partial charge in [0.1, 0.15) is 11.6 Å². The number of unbranched alkanes of at least 4 members (excludes halogenated alkanes) is 1. The molecule has 0 amide bonds. The van der Waals surface area contributed by atoms with Crippen molar-refractivity contribution < 1.29 is 5.11 Å². The molecule has 1 aromatic carbocycles. The van der Waals surface area contributed by atoms with E-state index in [9.17, 15) is 5.11 Å². The zero-order valence-electron chi connectivity index (χ0n) is 9.49. The zero-order valence-corrected chi connectivity index (χ0v) is 10.2. The average Bonchev–Trinajstić information content (AvgIpc) is 2.35. The van der Waals surface area contributed by atoms with Crippen molar-refractivity contribution >= 4 is 28.2 Å². The number of aromatic hydroxyl groups is 1. The molecule has 0 radical (unpaired) electrons. The second-order valence-corrected chi connectivity index (χ2v) is 4.27. The van der Waals surface area contributed by atoms with Gasteiger partial charge in [0.15, 0.2) is 0 Å². The van der Waals surface area contributed by atoms with Gasteiger partial charge in [0.2, 0.25) is 0 Å². The maximum atomic E-state index is 9.49. The van der Waals surface area contributed by atoms with Crippen molar-refractivity contribution in [3.63, 3.8) is 0 Å². The quantitative estimate of drug-likeness (QED) is 0.632. The largest absolute Gasteiger partial charge is 0.508 e. The minimum Gasteiger partial charge on any atom is -0.508 e. The molecule has 0 unspecified atom stereocenters. The summed E-state index contributed by atoms with van der Waals surface area (Å²) < 4.78 is 0. The molecule has 90 valence electrons. The van der Waals surface area contributed by atoms with Gasteiger partial charge in [0.25, 0.3) is 0 Å². The number of halogens is 1. The van der Waals surface area contributed by atoms with Gasteiger partial charge in [-0.2, -0.15) is 0 Å². The van der Waals surface area contributed by atoms with Gasteiger partial charge in [-0.15, -0.1) is 11.6 Å². The van der Waals surface area contributed by atoms with Gasteiger partial charge >= 0.3 is 0 Å². The fraction of sp³-hybridized carbons (Fsp3) is 0.308. The zero-order chi connectivity index (χ0) is 12.1. The Bertz CT molecular complexity index is 502. The van der Waals surface area contributed by atoms with Gasteiger partial charge in [-0.3, -0.25) is 0 Å². The monoisotopic (exact) mass is 250 g/mol. The number of hydrogen-bond donors (Lipinski definition) is 2. The Balaban J connectivity index is 2.18. The molecule has 0 aliphatic carbocycles. The summed E-state index contributed by atoms with van der Waals surface area (Å²) in [7, 11) is 0. The van der Waals surface area contributed by atoms with Crippen LogP contribution in [0.3, 0.4) is 0 Å². The summed E-state index contributed by atoms with van der Waals surface area (Å²) in [5, 5.41) is 14.8. The Morgan fingerprint density at radius 3 is 2.94 bits per heavy atom. The van der Waals surface area contributed by atoms with Crippen LogP contribution in [-0.4, -0.2) is 22.5 Å². The van der Waals surface area contributed by atoms with E-state index in [0.29, 0.717) is 5.88 Å². The second-order valence-electron chi connectivity index (χ2n) is 3.89. The second kappa shape index (κ2) is 5.73. The third kappa shape index (κ3) is 3.01. The maximum absolute atomic E-state index is 9.49. The highest BCUT2D eigenvalue weighted by Gasteiger charge is 2.02. The number of hydrogen-bond acceptors (Lipinski definition) is 3. The van der Waals surface area contributed by atoms with Crippen LogP contribution in [0.2, 0.25) is 0 Å². The molecular formula is C13H15ClN2O. The normalized spacial score (nSPS) is 10.6. The van der Waals surface area contributed by atoms with E-state index in [4.69, 9.17) is 11.6 Å². The van der Waals surface area contributed by atoms with E-state index in [2.05, 4.69) is 10.3 Å². The summed E-state index contributed by atoms with van der Waals surface area (Å²) in [4.78, 5) is 4.29. The number of benzene rings is 1. The van der Waals surface area contributed by atoms with E-state index in [0.717, 1.165) is 36.0 Å². The molecule has 1 aromatic heterocycles. The highest BCUT2D eigenvalue weighted by molar-refractivity contribution is 6.17. The number of anilines is 1. The highest BCUT2D eigenvalue weighted by Crippen LogP contribution is 2.24. The smallest absolute Gasteiger partial charge is 0.133 e. The predicted octanol–water partition coefficient (Wildman–Crippen LogP) is 3.37. The first kappa shape index (κ1) is 12.0. The maximum Gasteiger partial charge on any atom is 0.133 e. The molecule has 0 aliphatic heterocycles. The molecule has 1 heterocycles. The number of rotatable bonds is 5. The van der Waals surface area contributed by atoms with Crippen LogP contribution in [-0.2, 0) is 0 Å². The number of phenolic OH excluding ortho intramolecular Hbond substituents is 1. The SMILES string of the molecule is Oc1ccc2ccnc(NCCCCCl)c2c1. The number of alkyl halides is 1. The van der Waals surface area contributed by atoms with Crippen molar-refractivity contribution in [1.82, 2.24) is 4.98 Å². The first-order valence-electron chi connectivity index (χ1n) is 5.69. The van der Waals surface area contributed by atoms with Crippen molar-refractivity contribution in [1.29, 1.82) is 0 Å². The molecule has 0 bridgehead atoms. The molecular weight excluding hydrogens is 236 g/mol. The van der Waals surface area contributed by atoms with Crippen LogP contribution >= 0.6 is 11.6 Å². The molecule has 0 saturated heterocycles. The summed E-state index contributed by atoms with van der Waals surface area (Å²) in [6.07, 6.45) is 3.77. The summed E-state index contributed by atoms with van der Waals surface area (Å²) in [6, 6.07) is 7.22. The molecule has 0 spiro atoms. The van der Waals surface area contributed by atoms with Crippen molar-refractivity contribution in [2.45, 2.75) is 12.8 Å². The van der Waals surface area contributed by atoms with Crippen molar-refractivity contribution in [3.8, 4) is 5.75 Å². The van der Waals surface area contributed by atoms with E-state index in [1.807, 2.05) is 12.1 Å². The molecule has 2 rings (SSSR count). The van der Waals surface area contributed by atoms with E-state index in [-0.39, 0.29) is 5.75 Å². The number of nitrogens with zero attached hydrogens (tertiary/aromatic N) is 1. The van der Waals surface area contributed by atoms with Crippen LogP contribution in [0.25, 0.3) is 10.8 Å². The fourth-order valence-electron chi connectivity index (χ4n) is 1.72. The Kier molecular flexibility index (Phi) is 4.04. The molecule has 0 fully saturated rings. The highest BCUT2D eigenvalue weighted by atomic mass is 35.5. The van der Waals surface area contributed by atoms with E-state index < -0.39 is 0 Å². The van der Waals surface area contributed by atoms with Crippen molar-refractivity contribution in [3.05, 3.63) is 30.5 Å². The molecule has 2 aromatic rings. The first-order valence-corrected chi connectivity index (χ1v) is 6.22. The molecule has 0 saturated carbocycles. The predicted molar refractivity (Wildman–Crippen MR) is 71.9 cm³/mol. The third-order valence-corrected chi connectivity index (χ3v) is 2.87. The van der Waals surface area contributed by atoms with Gasteiger partial charge in [-0.1, -0.05) is 6.07 Å². The minimum absolute atomic E-state index is 0.259. The number of aromatic nitrogens is 1. The number of nitrogens with one attached hydrogen (secondary N) is 1. The number of pyridine rings is 1. The molecule has 0 aliphatic rings. The van der Waals surface area contributed by atoms with Crippen LogP contribution < -0.4 is 5.32 Å². The molecule has 0 atom stereocenters. The lowest BCUT2D eigenvalue weighted by molar-refractivity contribution is 0.476. The average molecular weight is 251 g/mol. The summed E-state index contributed by atoms with van der Waals surface area (Å²) >= 11 is 5.62. The van der Waals surface area contributed by atoms with Crippen LogP contribution in [0, 0.1) is 0 Å². The Morgan fingerprint density at radius 2 is 2.12 bits per heavy atom. The summed E-state index contributed by atoms with van der Waals surface area (Å²) in [5.74, 6) is 1.76. The Morgan fingerprint density at radius 1 is 1.24 bits per heavy atom. The van der Waals surface area contributed by atoms with Crippen molar-refractivity contribution in [2.24, 2.45) is 0 Å². The molecule has 2 N–H and O–H groups in total. The summed E-state index contributed by atoms with van der Waals surface area (Å²) in [5.41, 5.74) is 0. The lowest BCUT2D eigenvalue weighted by atomic mass is 10.1. The molecule has 3 nitrogen and oxygen atoms in total. The van der Waals surface area contributed by atoms with Gasteiger partial charge in [-0.05, 0) is 36.4 Å². The Labute approximate surface area is 105 Å². The third-order valence-electron chi connectivity index (χ3n) is 2.60. The van der Waals surface area contributed by atoms with E-state index in [1.165, 1.54) is 0 Å². The molecule has 17 heavy (non-hydrogen) atoms. The van der Waals surface area contributed by atoms with E-state index >= 15 is 0 Å².